The average molecular weight is 412 g/mol. The second-order valence-corrected chi connectivity index (χ2v) is 8.66. The number of hydrogen-bond acceptors (Lipinski definition) is 2. The molecule has 0 saturated heterocycles. The summed E-state index contributed by atoms with van der Waals surface area (Å²) in [5.74, 6) is -0.0773. The molecule has 0 N–H and O–H groups in total. The zero-order chi connectivity index (χ0) is 21.4. The number of para-hydroxylation sites is 1. The summed E-state index contributed by atoms with van der Waals surface area (Å²) in [7, 11) is 0. The van der Waals surface area contributed by atoms with Gasteiger partial charge in [-0.1, -0.05) is 115 Å². The Hall–Kier alpha value is -1.90. The van der Waals surface area contributed by atoms with Gasteiger partial charge in [0, 0.05) is 12.5 Å². The van der Waals surface area contributed by atoms with Gasteiger partial charge in [0.05, 0.1) is 5.52 Å². The minimum atomic E-state index is -0.223. The number of aromatic nitrogens is 1. The van der Waals surface area contributed by atoms with E-state index in [1.54, 1.807) is 6.07 Å². The number of carbonyl (C=O) groups is 1. The summed E-state index contributed by atoms with van der Waals surface area (Å²) in [4.78, 5) is 24.8. The molecule has 0 aliphatic rings. The third kappa shape index (κ3) is 8.85. The van der Waals surface area contributed by atoms with Crippen molar-refractivity contribution in [3.8, 4) is 0 Å². The van der Waals surface area contributed by atoms with Gasteiger partial charge in [0.2, 0.25) is 5.91 Å². The summed E-state index contributed by atoms with van der Waals surface area (Å²) < 4.78 is 1.35. The molecule has 0 spiro atoms. The average Bonchev–Trinajstić information content (AvgIpc) is 2.76. The fourth-order valence-electron chi connectivity index (χ4n) is 4.20. The number of hydrogen-bond donors (Lipinski definition) is 0. The Morgan fingerprint density at radius 2 is 1.17 bits per heavy atom. The first-order valence-electron chi connectivity index (χ1n) is 12.4. The molecule has 3 heteroatoms. The maximum Gasteiger partial charge on any atom is 0.257 e. The van der Waals surface area contributed by atoms with Crippen molar-refractivity contribution in [2.45, 2.75) is 110 Å². The Labute approximate surface area is 182 Å². The second kappa shape index (κ2) is 15.0. The Bertz CT molecular complexity index is 793. The van der Waals surface area contributed by atoms with Crippen molar-refractivity contribution in [1.82, 2.24) is 4.57 Å². The molecule has 0 amide bonds. The van der Waals surface area contributed by atoms with Gasteiger partial charge < -0.3 is 0 Å². The lowest BCUT2D eigenvalue weighted by atomic mass is 10.0. The van der Waals surface area contributed by atoms with Gasteiger partial charge in [-0.15, -0.1) is 0 Å². The highest BCUT2D eigenvalue weighted by atomic mass is 16.2. The number of pyridine rings is 1. The van der Waals surface area contributed by atoms with Crippen LogP contribution in [0, 0.1) is 0 Å². The second-order valence-electron chi connectivity index (χ2n) is 8.66. The number of fused-ring (bicyclic) bond motifs is 1. The molecule has 30 heavy (non-hydrogen) atoms. The zero-order valence-corrected chi connectivity index (χ0v) is 19.0. The Balaban J connectivity index is 1.49. The number of unbranched alkanes of at least 4 members (excludes halogenated alkanes) is 14. The summed E-state index contributed by atoms with van der Waals surface area (Å²) >= 11 is 0. The van der Waals surface area contributed by atoms with Gasteiger partial charge in [0.1, 0.15) is 0 Å². The molecule has 0 radical (unpaired) electrons. The first-order chi connectivity index (χ1) is 14.7. The standard InChI is InChI=1S/C27H41NO2/c1-2-3-4-5-6-7-8-9-10-11-12-13-14-15-16-21-26(29)28-25-20-18-17-19-24(25)22-23-27(28)30/h17-20,22-23H,2-16,21H2,1H3. The van der Waals surface area contributed by atoms with Gasteiger partial charge in [-0.25, -0.2) is 4.57 Å². The van der Waals surface area contributed by atoms with Crippen molar-refractivity contribution in [1.29, 1.82) is 0 Å². The Morgan fingerprint density at radius 3 is 1.73 bits per heavy atom. The molecule has 1 aromatic heterocycles. The van der Waals surface area contributed by atoms with Crippen molar-refractivity contribution < 1.29 is 4.79 Å². The lowest BCUT2D eigenvalue weighted by Crippen LogP contribution is -2.26. The van der Waals surface area contributed by atoms with E-state index in [9.17, 15) is 9.59 Å². The smallest absolute Gasteiger partial charge is 0.257 e. The minimum Gasteiger partial charge on any atom is -0.274 e. The summed E-state index contributed by atoms with van der Waals surface area (Å²) in [5, 5.41) is 0.932. The SMILES string of the molecule is CCCCCCCCCCCCCCCCCC(=O)n1c(=O)ccc2ccccc21. The largest absolute Gasteiger partial charge is 0.274 e. The van der Waals surface area contributed by atoms with Crippen LogP contribution in [0.25, 0.3) is 10.9 Å². The predicted octanol–water partition coefficient (Wildman–Crippen LogP) is 7.90. The summed E-state index contributed by atoms with van der Waals surface area (Å²) in [5.41, 5.74) is 0.496. The monoisotopic (exact) mass is 411 g/mol. The van der Waals surface area contributed by atoms with Crippen molar-refractivity contribution in [3.05, 3.63) is 46.8 Å². The summed E-state index contributed by atoms with van der Waals surface area (Å²) in [6.45, 7) is 2.27. The lowest BCUT2D eigenvalue weighted by Gasteiger charge is -2.08. The molecule has 166 valence electrons. The van der Waals surface area contributed by atoms with E-state index in [0.717, 1.165) is 23.7 Å². The molecule has 2 aromatic rings. The van der Waals surface area contributed by atoms with Crippen molar-refractivity contribution in [3.63, 3.8) is 0 Å². The Morgan fingerprint density at radius 1 is 0.667 bits per heavy atom. The minimum absolute atomic E-state index is 0.0773. The molecule has 0 aliphatic carbocycles. The fourth-order valence-corrected chi connectivity index (χ4v) is 4.20. The van der Waals surface area contributed by atoms with Crippen LogP contribution in [0.5, 0.6) is 0 Å². The van der Waals surface area contributed by atoms with Crippen molar-refractivity contribution in [2.24, 2.45) is 0 Å². The molecule has 0 unspecified atom stereocenters. The highest BCUT2D eigenvalue weighted by Gasteiger charge is 2.10. The number of nitrogens with zero attached hydrogens (tertiary/aromatic N) is 1. The first-order valence-corrected chi connectivity index (χ1v) is 12.4. The molecule has 0 fully saturated rings. The molecule has 0 atom stereocenters. The topological polar surface area (TPSA) is 39.1 Å². The third-order valence-electron chi connectivity index (χ3n) is 6.05. The van der Waals surface area contributed by atoms with Crippen LogP contribution < -0.4 is 5.56 Å². The van der Waals surface area contributed by atoms with E-state index >= 15 is 0 Å². The van der Waals surface area contributed by atoms with Gasteiger partial charge >= 0.3 is 0 Å². The van der Waals surface area contributed by atoms with E-state index < -0.39 is 0 Å². The molecule has 0 aliphatic heterocycles. The number of rotatable bonds is 16. The van der Waals surface area contributed by atoms with E-state index in [0.29, 0.717) is 6.42 Å². The zero-order valence-electron chi connectivity index (χ0n) is 19.0. The van der Waals surface area contributed by atoms with Crippen molar-refractivity contribution >= 4 is 16.8 Å². The van der Waals surface area contributed by atoms with Crippen LogP contribution >= 0.6 is 0 Å². The van der Waals surface area contributed by atoms with Gasteiger partial charge in [-0.2, -0.15) is 0 Å². The van der Waals surface area contributed by atoms with Gasteiger partial charge in [-0.3, -0.25) is 9.59 Å². The molecule has 0 saturated carbocycles. The van der Waals surface area contributed by atoms with E-state index in [1.807, 2.05) is 24.3 Å². The van der Waals surface area contributed by atoms with E-state index in [2.05, 4.69) is 6.92 Å². The molecule has 2 rings (SSSR count). The van der Waals surface area contributed by atoms with Gasteiger partial charge in [0.25, 0.3) is 5.56 Å². The molecule has 1 aromatic carbocycles. The quantitative estimate of drug-likeness (QED) is 0.263. The first kappa shape index (κ1) is 24.4. The number of carbonyl (C=O) groups excluding carboxylic acids is 1. The Kier molecular flexibility index (Phi) is 12.2. The highest BCUT2D eigenvalue weighted by Crippen LogP contribution is 2.15. The number of benzene rings is 1. The van der Waals surface area contributed by atoms with Crippen LogP contribution in [0.3, 0.4) is 0 Å². The van der Waals surface area contributed by atoms with Crippen LogP contribution in [0.4, 0.5) is 0 Å². The molecular formula is C27H41NO2. The normalized spacial score (nSPS) is 11.2. The summed E-state index contributed by atoms with van der Waals surface area (Å²) in [6.07, 6.45) is 20.1. The molecule has 3 nitrogen and oxygen atoms in total. The van der Waals surface area contributed by atoms with Crippen molar-refractivity contribution in [2.75, 3.05) is 0 Å². The fraction of sp³-hybridized carbons (Fsp3) is 0.630. The molecule has 1 heterocycles. The van der Waals surface area contributed by atoms with Crippen LogP contribution in [-0.2, 0) is 0 Å². The van der Waals surface area contributed by atoms with Crippen LogP contribution in [0.1, 0.15) is 114 Å². The van der Waals surface area contributed by atoms with Crippen LogP contribution in [0.15, 0.2) is 41.2 Å². The maximum absolute atomic E-state index is 12.6. The van der Waals surface area contributed by atoms with E-state index in [-0.39, 0.29) is 11.5 Å². The predicted molar refractivity (Wildman–Crippen MR) is 128 cm³/mol. The van der Waals surface area contributed by atoms with Gasteiger partial charge in [0.15, 0.2) is 0 Å². The lowest BCUT2D eigenvalue weighted by molar-refractivity contribution is 0.0900. The third-order valence-corrected chi connectivity index (χ3v) is 6.05. The van der Waals surface area contributed by atoms with Crippen LogP contribution in [-0.4, -0.2) is 10.5 Å². The van der Waals surface area contributed by atoms with E-state index in [1.165, 1.54) is 94.1 Å². The summed E-state index contributed by atoms with van der Waals surface area (Å²) in [6, 6.07) is 10.9. The maximum atomic E-state index is 12.6. The molecular weight excluding hydrogens is 370 g/mol. The van der Waals surface area contributed by atoms with Gasteiger partial charge in [-0.05, 0) is 23.9 Å². The van der Waals surface area contributed by atoms with E-state index in [4.69, 9.17) is 0 Å². The highest BCUT2D eigenvalue weighted by molar-refractivity contribution is 5.91. The van der Waals surface area contributed by atoms with Crippen LogP contribution in [0.2, 0.25) is 0 Å². The molecule has 0 bridgehead atoms.